The van der Waals surface area contributed by atoms with Gasteiger partial charge in [0.15, 0.2) is 0 Å². The second-order valence-electron chi connectivity index (χ2n) is 4.08. The maximum absolute atomic E-state index is 13.1. The van der Waals surface area contributed by atoms with Gasteiger partial charge < -0.3 is 11.1 Å². The second kappa shape index (κ2) is 5.06. The van der Waals surface area contributed by atoms with Gasteiger partial charge in [-0.25, -0.2) is 22.3 Å². The van der Waals surface area contributed by atoms with Crippen LogP contribution in [0.15, 0.2) is 41.3 Å². The van der Waals surface area contributed by atoms with E-state index >= 15 is 0 Å². The summed E-state index contributed by atoms with van der Waals surface area (Å²) < 4.78 is 48.6. The molecule has 0 saturated carbocycles. The van der Waals surface area contributed by atoms with Gasteiger partial charge in [-0.15, -0.1) is 0 Å². The minimum absolute atomic E-state index is 0.0979. The molecule has 0 heterocycles. The molecule has 0 bridgehead atoms. The molecule has 0 amide bonds. The summed E-state index contributed by atoms with van der Waals surface area (Å²) in [6.07, 6.45) is 0. The number of benzene rings is 2. The first-order valence-corrected chi connectivity index (χ1v) is 6.96. The van der Waals surface area contributed by atoms with Crippen molar-refractivity contribution >= 4 is 27.1 Å². The van der Waals surface area contributed by atoms with Crippen molar-refractivity contribution in [1.29, 1.82) is 0 Å². The fraction of sp³-hybridized carbons (Fsp3) is 0. The fourth-order valence-corrected chi connectivity index (χ4v) is 2.14. The molecule has 0 atom stereocenters. The van der Waals surface area contributed by atoms with E-state index in [1.165, 1.54) is 18.2 Å². The molecule has 0 radical (unpaired) electrons. The third kappa shape index (κ3) is 3.22. The van der Waals surface area contributed by atoms with Gasteiger partial charge in [0, 0.05) is 11.8 Å². The lowest BCUT2D eigenvalue weighted by atomic mass is 10.2. The fourth-order valence-electron chi connectivity index (χ4n) is 1.60. The molecule has 0 saturated heterocycles. The monoisotopic (exact) mass is 299 g/mol. The Morgan fingerprint density at radius 2 is 1.60 bits per heavy atom. The predicted molar refractivity (Wildman–Crippen MR) is 71.9 cm³/mol. The number of anilines is 3. The van der Waals surface area contributed by atoms with Gasteiger partial charge in [0.1, 0.15) is 11.6 Å². The highest BCUT2D eigenvalue weighted by atomic mass is 32.2. The minimum Gasteiger partial charge on any atom is -0.397 e. The molecule has 0 unspecified atom stereocenters. The zero-order valence-corrected chi connectivity index (χ0v) is 10.9. The molecule has 8 heteroatoms. The number of hydrogen-bond donors (Lipinski definition) is 3. The lowest BCUT2D eigenvalue weighted by molar-refractivity contribution is 0.584. The van der Waals surface area contributed by atoms with Gasteiger partial charge in [-0.1, -0.05) is 0 Å². The molecule has 0 aliphatic rings. The Labute approximate surface area is 114 Å². The van der Waals surface area contributed by atoms with Crippen LogP contribution < -0.4 is 16.2 Å². The van der Waals surface area contributed by atoms with E-state index < -0.39 is 21.7 Å². The normalized spacial score (nSPS) is 11.3. The van der Waals surface area contributed by atoms with Crippen molar-refractivity contribution < 1.29 is 17.2 Å². The first kappa shape index (κ1) is 14.2. The first-order valence-electron chi connectivity index (χ1n) is 5.41. The van der Waals surface area contributed by atoms with Crippen LogP contribution in [0.5, 0.6) is 0 Å². The zero-order chi connectivity index (χ0) is 14.9. The first-order chi connectivity index (χ1) is 9.25. The molecule has 2 rings (SSSR count). The molecule has 0 aliphatic heterocycles. The Balaban J connectivity index is 2.42. The summed E-state index contributed by atoms with van der Waals surface area (Å²) in [6.45, 7) is 0. The van der Waals surface area contributed by atoms with Gasteiger partial charge in [0.2, 0.25) is 10.0 Å². The molecule has 2 aromatic rings. The summed E-state index contributed by atoms with van der Waals surface area (Å²) in [6, 6.07) is 6.57. The van der Waals surface area contributed by atoms with E-state index in [0.29, 0.717) is 0 Å². The highest BCUT2D eigenvalue weighted by molar-refractivity contribution is 7.89. The van der Waals surface area contributed by atoms with Crippen molar-refractivity contribution in [3.8, 4) is 0 Å². The molecule has 2 aromatic carbocycles. The minimum atomic E-state index is -3.89. The second-order valence-corrected chi connectivity index (χ2v) is 5.64. The van der Waals surface area contributed by atoms with Crippen molar-refractivity contribution in [2.45, 2.75) is 4.90 Å². The van der Waals surface area contributed by atoms with Crippen LogP contribution in [-0.4, -0.2) is 8.42 Å². The average Bonchev–Trinajstić information content (AvgIpc) is 2.29. The van der Waals surface area contributed by atoms with Crippen LogP contribution in [0.1, 0.15) is 0 Å². The number of sulfonamides is 1. The van der Waals surface area contributed by atoms with E-state index in [1.54, 1.807) is 0 Å². The highest BCUT2D eigenvalue weighted by Crippen LogP contribution is 2.26. The quantitative estimate of drug-likeness (QED) is 0.754. The molecular formula is C12H11F2N3O2S. The average molecular weight is 299 g/mol. The van der Waals surface area contributed by atoms with E-state index in [1.807, 2.05) is 0 Å². The van der Waals surface area contributed by atoms with Crippen LogP contribution in [-0.2, 0) is 10.0 Å². The summed E-state index contributed by atoms with van der Waals surface area (Å²) in [5, 5.41) is 7.64. The SMILES string of the molecule is Nc1ccc(S(N)(=O)=O)cc1Nc1cc(F)cc(F)c1. The van der Waals surface area contributed by atoms with Crippen molar-refractivity contribution in [3.63, 3.8) is 0 Å². The Bertz CT molecular complexity index is 743. The van der Waals surface area contributed by atoms with Gasteiger partial charge in [0.25, 0.3) is 0 Å². The number of rotatable bonds is 3. The van der Waals surface area contributed by atoms with E-state index in [9.17, 15) is 17.2 Å². The van der Waals surface area contributed by atoms with E-state index in [0.717, 1.165) is 18.2 Å². The van der Waals surface area contributed by atoms with Gasteiger partial charge in [0.05, 0.1) is 16.3 Å². The van der Waals surface area contributed by atoms with Crippen molar-refractivity contribution in [1.82, 2.24) is 0 Å². The van der Waals surface area contributed by atoms with Crippen LogP contribution in [0.4, 0.5) is 25.8 Å². The molecule has 5 N–H and O–H groups in total. The molecule has 5 nitrogen and oxygen atoms in total. The maximum atomic E-state index is 13.1. The number of nitrogens with one attached hydrogen (secondary N) is 1. The molecule has 0 aliphatic carbocycles. The number of nitrogens with two attached hydrogens (primary N) is 2. The molecule has 0 fully saturated rings. The molecule has 0 aromatic heterocycles. The lowest BCUT2D eigenvalue weighted by Crippen LogP contribution is -2.12. The van der Waals surface area contributed by atoms with Gasteiger partial charge in [-0.05, 0) is 30.3 Å². The molecule has 20 heavy (non-hydrogen) atoms. The van der Waals surface area contributed by atoms with Crippen molar-refractivity contribution in [3.05, 3.63) is 48.0 Å². The van der Waals surface area contributed by atoms with Gasteiger partial charge >= 0.3 is 0 Å². The summed E-state index contributed by atoms with van der Waals surface area (Å²) in [7, 11) is -3.89. The topological polar surface area (TPSA) is 98.2 Å². The summed E-state index contributed by atoms with van der Waals surface area (Å²) in [5.41, 5.74) is 6.16. The number of primary sulfonamides is 1. The van der Waals surface area contributed by atoms with Gasteiger partial charge in [-0.3, -0.25) is 0 Å². The Kier molecular flexibility index (Phi) is 3.60. The van der Waals surface area contributed by atoms with E-state index in [2.05, 4.69) is 5.32 Å². The molecule has 106 valence electrons. The maximum Gasteiger partial charge on any atom is 0.238 e. The predicted octanol–water partition coefficient (Wildman–Crippen LogP) is 1.94. The van der Waals surface area contributed by atoms with Crippen LogP contribution in [0.25, 0.3) is 0 Å². The van der Waals surface area contributed by atoms with E-state index in [-0.39, 0.29) is 22.0 Å². The summed E-state index contributed by atoms with van der Waals surface area (Å²) in [4.78, 5) is -0.161. The van der Waals surface area contributed by atoms with Crippen molar-refractivity contribution in [2.75, 3.05) is 11.1 Å². The third-order valence-electron chi connectivity index (χ3n) is 2.49. The largest absolute Gasteiger partial charge is 0.397 e. The smallest absolute Gasteiger partial charge is 0.238 e. The van der Waals surface area contributed by atoms with E-state index in [4.69, 9.17) is 10.9 Å². The van der Waals surface area contributed by atoms with Crippen LogP contribution in [0, 0.1) is 11.6 Å². The standard InChI is InChI=1S/C12H11F2N3O2S/c13-7-3-8(14)5-9(4-7)17-12-6-10(20(16,18)19)1-2-11(12)15/h1-6,17H,15H2,(H2,16,18,19). The zero-order valence-electron chi connectivity index (χ0n) is 10.1. The van der Waals surface area contributed by atoms with Crippen LogP contribution in [0.3, 0.4) is 0 Å². The summed E-state index contributed by atoms with van der Waals surface area (Å²) in [5.74, 6) is -1.54. The highest BCUT2D eigenvalue weighted by Gasteiger charge is 2.11. The van der Waals surface area contributed by atoms with Crippen LogP contribution in [0.2, 0.25) is 0 Å². The van der Waals surface area contributed by atoms with Gasteiger partial charge in [-0.2, -0.15) is 0 Å². The third-order valence-corrected chi connectivity index (χ3v) is 3.41. The van der Waals surface area contributed by atoms with Crippen LogP contribution >= 0.6 is 0 Å². The summed E-state index contributed by atoms with van der Waals surface area (Å²) >= 11 is 0. The van der Waals surface area contributed by atoms with Crippen molar-refractivity contribution in [2.24, 2.45) is 5.14 Å². The lowest BCUT2D eigenvalue weighted by Gasteiger charge is -2.11. The number of halogens is 2. The molecular weight excluding hydrogens is 288 g/mol. The number of nitrogen functional groups attached to an aromatic ring is 1. The Hall–Kier alpha value is -2.19. The Morgan fingerprint density at radius 1 is 1.00 bits per heavy atom. The number of hydrogen-bond acceptors (Lipinski definition) is 4. The molecule has 0 spiro atoms. The Morgan fingerprint density at radius 3 is 2.15 bits per heavy atom.